The van der Waals surface area contributed by atoms with E-state index in [4.69, 9.17) is 4.74 Å². The van der Waals surface area contributed by atoms with E-state index in [1.807, 2.05) is 0 Å². The van der Waals surface area contributed by atoms with Gasteiger partial charge in [0.1, 0.15) is 11.6 Å². The van der Waals surface area contributed by atoms with Crippen LogP contribution in [-0.4, -0.2) is 23.6 Å². The fraction of sp³-hybridized carbons (Fsp3) is 0.462. The third kappa shape index (κ3) is 3.16. The zero-order valence-electron chi connectivity index (χ0n) is 10.7. The van der Waals surface area contributed by atoms with E-state index in [0.29, 0.717) is 17.0 Å². The lowest BCUT2D eigenvalue weighted by Crippen LogP contribution is -2.22. The monoisotopic (exact) mass is 268 g/mol. The Labute approximate surface area is 111 Å². The minimum atomic E-state index is -0.308. The van der Waals surface area contributed by atoms with Gasteiger partial charge >= 0.3 is 0 Å². The zero-order chi connectivity index (χ0) is 13.1. The third-order valence-electron chi connectivity index (χ3n) is 2.73. The van der Waals surface area contributed by atoms with Crippen LogP contribution in [0.2, 0.25) is 0 Å². The van der Waals surface area contributed by atoms with Gasteiger partial charge in [0.25, 0.3) is 0 Å². The summed E-state index contributed by atoms with van der Waals surface area (Å²) in [6, 6.07) is 4.76. The number of nitrogens with one attached hydrogen (secondary N) is 1. The predicted octanol–water partition coefficient (Wildman–Crippen LogP) is 3.52. The smallest absolute Gasteiger partial charge is 0.161 e. The number of ether oxygens (including phenoxy) is 1. The molecule has 0 saturated carbocycles. The second-order valence-electron chi connectivity index (χ2n) is 4.42. The van der Waals surface area contributed by atoms with Crippen LogP contribution in [0.15, 0.2) is 23.2 Å². The highest BCUT2D eigenvalue weighted by Gasteiger charge is 2.19. The van der Waals surface area contributed by atoms with Crippen molar-refractivity contribution in [1.29, 1.82) is 0 Å². The molecule has 0 bridgehead atoms. The maximum absolute atomic E-state index is 13.1. The minimum absolute atomic E-state index is 0.308. The molecule has 0 aromatic heterocycles. The molecule has 2 rings (SSSR count). The number of halogens is 1. The van der Waals surface area contributed by atoms with Crippen LogP contribution in [-0.2, 0) is 0 Å². The van der Waals surface area contributed by atoms with E-state index in [2.05, 4.69) is 24.2 Å². The molecule has 0 saturated heterocycles. The van der Waals surface area contributed by atoms with Crippen molar-refractivity contribution in [3.63, 3.8) is 0 Å². The van der Waals surface area contributed by atoms with Crippen molar-refractivity contribution in [2.45, 2.75) is 31.6 Å². The number of aliphatic imine (C=N–C) groups is 1. The van der Waals surface area contributed by atoms with Crippen LogP contribution >= 0.6 is 11.8 Å². The van der Waals surface area contributed by atoms with Gasteiger partial charge in [-0.3, -0.25) is 4.99 Å². The van der Waals surface area contributed by atoms with Crippen molar-refractivity contribution in [3.8, 4) is 5.75 Å². The van der Waals surface area contributed by atoms with Crippen LogP contribution in [0.25, 0.3) is 0 Å². The summed E-state index contributed by atoms with van der Waals surface area (Å²) in [7, 11) is 1.53. The Morgan fingerprint density at radius 1 is 1.44 bits per heavy atom. The topological polar surface area (TPSA) is 33.6 Å². The summed E-state index contributed by atoms with van der Waals surface area (Å²) < 4.78 is 18.2. The number of rotatable bonds is 2. The average Bonchev–Trinajstić information content (AvgIpc) is 2.30. The van der Waals surface area contributed by atoms with Crippen LogP contribution in [0.3, 0.4) is 0 Å². The van der Waals surface area contributed by atoms with Gasteiger partial charge in [-0.05, 0) is 25.5 Å². The molecule has 1 aliphatic heterocycles. The van der Waals surface area contributed by atoms with Crippen LogP contribution < -0.4 is 10.1 Å². The van der Waals surface area contributed by atoms with Gasteiger partial charge in [0.15, 0.2) is 5.17 Å². The number of benzene rings is 1. The Bertz CT molecular complexity index is 464. The largest absolute Gasteiger partial charge is 0.494 e. The molecule has 18 heavy (non-hydrogen) atoms. The quantitative estimate of drug-likeness (QED) is 0.891. The van der Waals surface area contributed by atoms with Crippen molar-refractivity contribution in [1.82, 2.24) is 0 Å². The SMILES string of the molecule is COc1cc(F)ccc1NC1=NC(C)CC(C)S1. The Morgan fingerprint density at radius 3 is 2.89 bits per heavy atom. The molecule has 5 heteroatoms. The number of amidine groups is 1. The number of thioether (sulfide) groups is 1. The molecule has 0 amide bonds. The van der Waals surface area contributed by atoms with Crippen molar-refractivity contribution in [2.24, 2.45) is 4.99 Å². The molecule has 0 spiro atoms. The fourth-order valence-electron chi connectivity index (χ4n) is 1.95. The maximum Gasteiger partial charge on any atom is 0.161 e. The fourth-order valence-corrected chi connectivity index (χ4v) is 3.11. The van der Waals surface area contributed by atoms with Crippen molar-refractivity contribution in [3.05, 3.63) is 24.0 Å². The lowest BCUT2D eigenvalue weighted by atomic mass is 10.2. The molecule has 0 fully saturated rings. The molecule has 2 unspecified atom stereocenters. The molecule has 3 nitrogen and oxygen atoms in total. The van der Waals surface area contributed by atoms with Gasteiger partial charge in [-0.1, -0.05) is 18.7 Å². The van der Waals surface area contributed by atoms with E-state index in [0.717, 1.165) is 17.3 Å². The molecule has 1 aromatic rings. The lowest BCUT2D eigenvalue weighted by molar-refractivity contribution is 0.413. The Morgan fingerprint density at radius 2 is 2.22 bits per heavy atom. The molecular weight excluding hydrogens is 251 g/mol. The van der Waals surface area contributed by atoms with E-state index in [1.54, 1.807) is 17.8 Å². The van der Waals surface area contributed by atoms with E-state index < -0.39 is 0 Å². The number of anilines is 1. The molecule has 0 aliphatic carbocycles. The summed E-state index contributed by atoms with van der Waals surface area (Å²) in [6.07, 6.45) is 1.08. The van der Waals surface area contributed by atoms with E-state index in [-0.39, 0.29) is 5.82 Å². The summed E-state index contributed by atoms with van der Waals surface area (Å²) >= 11 is 1.70. The highest BCUT2D eigenvalue weighted by atomic mass is 32.2. The average molecular weight is 268 g/mol. The molecule has 1 N–H and O–H groups in total. The minimum Gasteiger partial charge on any atom is -0.494 e. The first kappa shape index (κ1) is 13.2. The first-order valence-electron chi connectivity index (χ1n) is 5.93. The molecule has 1 heterocycles. The molecule has 2 atom stereocenters. The van der Waals surface area contributed by atoms with Crippen LogP contribution in [0.4, 0.5) is 10.1 Å². The Kier molecular flexibility index (Phi) is 4.11. The van der Waals surface area contributed by atoms with Gasteiger partial charge < -0.3 is 10.1 Å². The summed E-state index contributed by atoms with van der Waals surface area (Å²) in [6.45, 7) is 4.28. The molecule has 1 aromatic carbocycles. The summed E-state index contributed by atoms with van der Waals surface area (Å²) in [5, 5.41) is 4.61. The number of hydrogen-bond acceptors (Lipinski definition) is 4. The highest BCUT2D eigenvalue weighted by molar-refractivity contribution is 8.14. The van der Waals surface area contributed by atoms with Gasteiger partial charge in [-0.25, -0.2) is 4.39 Å². The lowest BCUT2D eigenvalue weighted by Gasteiger charge is -2.23. The summed E-state index contributed by atoms with van der Waals surface area (Å²) in [5.74, 6) is 0.182. The molecule has 98 valence electrons. The van der Waals surface area contributed by atoms with Crippen molar-refractivity contribution < 1.29 is 9.13 Å². The third-order valence-corrected chi connectivity index (χ3v) is 3.75. The second-order valence-corrected chi connectivity index (χ2v) is 5.84. The second kappa shape index (κ2) is 5.61. The van der Waals surface area contributed by atoms with Crippen molar-refractivity contribution >= 4 is 22.6 Å². The summed E-state index contributed by atoms with van der Waals surface area (Å²) in [4.78, 5) is 4.54. The van der Waals surface area contributed by atoms with Crippen LogP contribution in [0, 0.1) is 5.82 Å². The summed E-state index contributed by atoms with van der Waals surface area (Å²) in [5.41, 5.74) is 0.742. The zero-order valence-corrected chi connectivity index (χ0v) is 11.6. The number of hydrogen-bond donors (Lipinski definition) is 1. The first-order valence-corrected chi connectivity index (χ1v) is 6.81. The standard InChI is InChI=1S/C13H17FN2OS/c1-8-6-9(2)18-13(15-8)16-11-5-4-10(14)7-12(11)17-3/h4-5,7-9H,6H2,1-3H3,(H,15,16). The van der Waals surface area contributed by atoms with E-state index in [1.165, 1.54) is 19.2 Å². The number of methoxy groups -OCH3 is 1. The van der Waals surface area contributed by atoms with Gasteiger partial charge in [0.05, 0.1) is 18.8 Å². The Balaban J connectivity index is 2.18. The van der Waals surface area contributed by atoms with Crippen LogP contribution in [0.5, 0.6) is 5.75 Å². The highest BCUT2D eigenvalue weighted by Crippen LogP contribution is 2.30. The van der Waals surface area contributed by atoms with Crippen LogP contribution in [0.1, 0.15) is 20.3 Å². The van der Waals surface area contributed by atoms with Crippen molar-refractivity contribution in [2.75, 3.05) is 12.4 Å². The Hall–Kier alpha value is -1.23. The molecular formula is C13H17FN2OS. The van der Waals surface area contributed by atoms with Gasteiger partial charge in [0, 0.05) is 11.3 Å². The van der Waals surface area contributed by atoms with E-state index in [9.17, 15) is 4.39 Å². The van der Waals surface area contributed by atoms with Gasteiger partial charge in [-0.2, -0.15) is 0 Å². The normalized spacial score (nSPS) is 23.4. The predicted molar refractivity (Wildman–Crippen MR) is 75.1 cm³/mol. The maximum atomic E-state index is 13.1. The first-order chi connectivity index (χ1) is 8.58. The molecule has 1 aliphatic rings. The molecule has 0 radical (unpaired) electrons. The van der Waals surface area contributed by atoms with E-state index >= 15 is 0 Å². The van der Waals surface area contributed by atoms with Gasteiger partial charge in [0.2, 0.25) is 0 Å². The number of nitrogens with zero attached hydrogens (tertiary/aromatic N) is 1. The van der Waals surface area contributed by atoms with Gasteiger partial charge in [-0.15, -0.1) is 0 Å².